The number of esters is 1. The van der Waals surface area contributed by atoms with E-state index in [-0.39, 0.29) is 6.79 Å². The van der Waals surface area contributed by atoms with Crippen molar-refractivity contribution in [3.05, 3.63) is 42.5 Å². The summed E-state index contributed by atoms with van der Waals surface area (Å²) in [5.41, 5.74) is 0.517. The Bertz CT molecular complexity index is 819. The molecule has 0 saturated heterocycles. The molecule has 142 valence electrons. The normalized spacial score (nSPS) is 12.8. The molecule has 0 bridgehead atoms. The highest BCUT2D eigenvalue weighted by Gasteiger charge is 2.19. The van der Waals surface area contributed by atoms with Crippen LogP contribution in [0.4, 0.5) is 5.69 Å². The molecule has 8 nitrogen and oxygen atoms in total. The summed E-state index contributed by atoms with van der Waals surface area (Å²) in [5.74, 6) is 1.21. The van der Waals surface area contributed by atoms with E-state index >= 15 is 0 Å². The number of carbonyl (C=O) groups excluding carboxylic acids is 2. The Balaban J connectivity index is 1.45. The molecule has 2 aromatic carbocycles. The molecule has 0 saturated carbocycles. The van der Waals surface area contributed by atoms with E-state index in [1.807, 2.05) is 0 Å². The van der Waals surface area contributed by atoms with Gasteiger partial charge >= 0.3 is 5.97 Å². The molecular weight excluding hydrogens is 354 g/mol. The van der Waals surface area contributed by atoms with Gasteiger partial charge in [0.1, 0.15) is 11.5 Å². The second-order valence-corrected chi connectivity index (χ2v) is 5.66. The van der Waals surface area contributed by atoms with Crippen LogP contribution in [0.5, 0.6) is 23.0 Å². The van der Waals surface area contributed by atoms with Gasteiger partial charge < -0.3 is 29.0 Å². The van der Waals surface area contributed by atoms with Crippen molar-refractivity contribution < 1.29 is 33.3 Å². The molecule has 1 N–H and O–H groups in total. The van der Waals surface area contributed by atoms with Gasteiger partial charge in [-0.3, -0.25) is 4.79 Å². The second kappa shape index (κ2) is 8.31. The minimum absolute atomic E-state index is 0.149. The molecule has 1 aliphatic heterocycles. The number of ether oxygens (including phenoxy) is 5. The van der Waals surface area contributed by atoms with Crippen LogP contribution in [0.25, 0.3) is 0 Å². The van der Waals surface area contributed by atoms with E-state index in [0.717, 1.165) is 0 Å². The van der Waals surface area contributed by atoms with Gasteiger partial charge in [-0.15, -0.1) is 0 Å². The highest BCUT2D eigenvalue weighted by Crippen LogP contribution is 2.34. The highest BCUT2D eigenvalue weighted by atomic mass is 16.7. The third kappa shape index (κ3) is 4.81. The Morgan fingerprint density at radius 3 is 2.52 bits per heavy atom. The molecule has 1 atom stereocenters. The van der Waals surface area contributed by atoms with E-state index in [1.165, 1.54) is 0 Å². The lowest BCUT2D eigenvalue weighted by Gasteiger charge is -2.14. The standard InChI is InChI=1S/C19H19NO7/c1-12(27-15-6-4-14(23-2)5-7-15)19(22)24-10-18(21)20-13-3-8-16-17(9-13)26-11-25-16/h3-9,12H,10-11H2,1-2H3,(H,20,21). The SMILES string of the molecule is COc1ccc(OC(C)C(=O)OCC(=O)Nc2ccc3c(c2)OCO3)cc1. The highest BCUT2D eigenvalue weighted by molar-refractivity contribution is 5.93. The molecule has 1 heterocycles. The molecule has 2 aromatic rings. The first kappa shape index (κ1) is 18.4. The Morgan fingerprint density at radius 2 is 1.78 bits per heavy atom. The Hall–Kier alpha value is -3.42. The van der Waals surface area contributed by atoms with Crippen LogP contribution in [0.2, 0.25) is 0 Å². The molecule has 3 rings (SSSR count). The van der Waals surface area contributed by atoms with Gasteiger partial charge in [0.15, 0.2) is 24.2 Å². The number of methoxy groups -OCH3 is 1. The van der Waals surface area contributed by atoms with E-state index in [1.54, 1.807) is 56.5 Å². The zero-order valence-electron chi connectivity index (χ0n) is 14.9. The molecule has 1 aliphatic rings. The van der Waals surface area contributed by atoms with Crippen molar-refractivity contribution in [1.29, 1.82) is 0 Å². The average molecular weight is 373 g/mol. The van der Waals surface area contributed by atoms with Crippen LogP contribution in [-0.4, -0.2) is 38.5 Å². The fraction of sp³-hybridized carbons (Fsp3) is 0.263. The predicted molar refractivity (Wildman–Crippen MR) is 95.2 cm³/mol. The molecule has 1 unspecified atom stereocenters. The van der Waals surface area contributed by atoms with E-state index in [0.29, 0.717) is 28.7 Å². The summed E-state index contributed by atoms with van der Waals surface area (Å²) < 4.78 is 26.0. The summed E-state index contributed by atoms with van der Waals surface area (Å²) >= 11 is 0. The van der Waals surface area contributed by atoms with Crippen molar-refractivity contribution in [2.75, 3.05) is 25.8 Å². The number of hydrogen-bond acceptors (Lipinski definition) is 7. The first-order valence-corrected chi connectivity index (χ1v) is 8.22. The van der Waals surface area contributed by atoms with Crippen molar-refractivity contribution in [3.63, 3.8) is 0 Å². The summed E-state index contributed by atoms with van der Waals surface area (Å²) in [5, 5.41) is 2.62. The summed E-state index contributed by atoms with van der Waals surface area (Å²) in [4.78, 5) is 23.9. The van der Waals surface area contributed by atoms with Gasteiger partial charge in [-0.1, -0.05) is 0 Å². The molecule has 0 spiro atoms. The first-order chi connectivity index (χ1) is 13.0. The Labute approximate surface area is 155 Å². The average Bonchev–Trinajstić information content (AvgIpc) is 3.14. The number of benzene rings is 2. The molecule has 0 fully saturated rings. The number of nitrogens with one attached hydrogen (secondary N) is 1. The molecule has 0 aromatic heterocycles. The third-order valence-corrected chi connectivity index (χ3v) is 3.71. The van der Waals surface area contributed by atoms with Gasteiger partial charge in [0.05, 0.1) is 7.11 Å². The monoisotopic (exact) mass is 373 g/mol. The van der Waals surface area contributed by atoms with E-state index in [9.17, 15) is 9.59 Å². The van der Waals surface area contributed by atoms with Crippen LogP contribution in [0, 0.1) is 0 Å². The summed E-state index contributed by atoms with van der Waals surface area (Å²) in [6.45, 7) is 1.27. The van der Waals surface area contributed by atoms with Crippen molar-refractivity contribution in [2.45, 2.75) is 13.0 Å². The van der Waals surface area contributed by atoms with Crippen molar-refractivity contribution in [1.82, 2.24) is 0 Å². The number of hydrogen-bond donors (Lipinski definition) is 1. The third-order valence-electron chi connectivity index (χ3n) is 3.71. The molecule has 8 heteroatoms. The smallest absolute Gasteiger partial charge is 0.347 e. The van der Waals surface area contributed by atoms with Crippen molar-refractivity contribution in [2.24, 2.45) is 0 Å². The zero-order chi connectivity index (χ0) is 19.2. The van der Waals surface area contributed by atoms with Gasteiger partial charge in [-0.25, -0.2) is 4.79 Å². The van der Waals surface area contributed by atoms with Crippen molar-refractivity contribution >= 4 is 17.6 Å². The summed E-state index contributed by atoms with van der Waals surface area (Å²) in [6.07, 6.45) is -0.864. The zero-order valence-corrected chi connectivity index (χ0v) is 14.9. The maximum Gasteiger partial charge on any atom is 0.347 e. The van der Waals surface area contributed by atoms with Crippen LogP contribution in [-0.2, 0) is 14.3 Å². The van der Waals surface area contributed by atoms with Gasteiger partial charge in [-0.2, -0.15) is 0 Å². The predicted octanol–water partition coefficient (Wildman–Crippen LogP) is 2.37. The van der Waals surface area contributed by atoms with Gasteiger partial charge in [0.25, 0.3) is 5.91 Å². The van der Waals surface area contributed by atoms with Crippen LogP contribution in [0.3, 0.4) is 0 Å². The van der Waals surface area contributed by atoms with E-state index in [4.69, 9.17) is 23.7 Å². The maximum atomic E-state index is 12.0. The quantitative estimate of drug-likeness (QED) is 0.745. The fourth-order valence-electron chi connectivity index (χ4n) is 2.33. The van der Waals surface area contributed by atoms with Gasteiger partial charge in [0, 0.05) is 11.8 Å². The topological polar surface area (TPSA) is 92.3 Å². The molecule has 1 amide bonds. The van der Waals surface area contributed by atoms with Crippen molar-refractivity contribution in [3.8, 4) is 23.0 Å². The lowest BCUT2D eigenvalue weighted by atomic mass is 10.3. The second-order valence-electron chi connectivity index (χ2n) is 5.66. The number of amides is 1. The fourth-order valence-corrected chi connectivity index (χ4v) is 2.33. The summed E-state index contributed by atoms with van der Waals surface area (Å²) in [6, 6.07) is 11.8. The van der Waals surface area contributed by atoms with Crippen LogP contribution in [0.1, 0.15) is 6.92 Å². The lowest BCUT2D eigenvalue weighted by molar-refractivity contribution is -0.153. The largest absolute Gasteiger partial charge is 0.497 e. The number of fused-ring (bicyclic) bond motifs is 1. The first-order valence-electron chi connectivity index (χ1n) is 8.22. The van der Waals surface area contributed by atoms with Crippen LogP contribution < -0.4 is 24.3 Å². The van der Waals surface area contributed by atoms with Crippen LogP contribution in [0.15, 0.2) is 42.5 Å². The lowest BCUT2D eigenvalue weighted by Crippen LogP contribution is -2.29. The molecule has 27 heavy (non-hydrogen) atoms. The van der Waals surface area contributed by atoms with Crippen LogP contribution >= 0.6 is 0 Å². The Kier molecular flexibility index (Phi) is 5.65. The molecular formula is C19H19NO7. The van der Waals surface area contributed by atoms with E-state index < -0.39 is 24.6 Å². The minimum atomic E-state index is -0.864. The Morgan fingerprint density at radius 1 is 1.07 bits per heavy atom. The minimum Gasteiger partial charge on any atom is -0.497 e. The van der Waals surface area contributed by atoms with Gasteiger partial charge in [-0.05, 0) is 43.3 Å². The molecule has 0 aliphatic carbocycles. The number of anilines is 1. The number of rotatable bonds is 7. The van der Waals surface area contributed by atoms with E-state index in [2.05, 4.69) is 5.32 Å². The van der Waals surface area contributed by atoms with Gasteiger partial charge in [0.2, 0.25) is 6.79 Å². The molecule has 0 radical (unpaired) electrons. The maximum absolute atomic E-state index is 12.0. The summed E-state index contributed by atoms with van der Waals surface area (Å²) in [7, 11) is 1.56. The number of carbonyl (C=O) groups is 2.